The van der Waals surface area contributed by atoms with Gasteiger partial charge in [0.2, 0.25) is 0 Å². The van der Waals surface area contributed by atoms with Gasteiger partial charge >= 0.3 is 84.3 Å². The van der Waals surface area contributed by atoms with Crippen LogP contribution in [0.1, 0.15) is 121 Å². The number of nitrogens with zero attached hydrogens (tertiary/aromatic N) is 12. The molecule has 10 aromatic carbocycles. The van der Waals surface area contributed by atoms with E-state index >= 15 is 0 Å². The molecule has 8 aromatic heterocycles. The molecule has 0 aliphatic heterocycles. The smallest absolute Gasteiger partial charge is 0.300 e. The van der Waals surface area contributed by atoms with Gasteiger partial charge in [-0.25, -0.2) is 0 Å². The third kappa shape index (κ3) is 24.9. The van der Waals surface area contributed by atoms with Crippen LogP contribution in [0.25, 0.3) is 90.1 Å². The Labute approximate surface area is 846 Å². The van der Waals surface area contributed by atoms with E-state index in [4.69, 9.17) is 29.9 Å². The van der Waals surface area contributed by atoms with E-state index in [2.05, 4.69) is 202 Å². The minimum absolute atomic E-state index is 0. The number of para-hydroxylation sites is 2. The standard InChI is InChI=1S/C34H38N4.C28H15F4N3.C28H19N3.C25H20N2.4Pt/c1-32(2,3)26-14-10-24(11-15-26)28-20-35-22-30(37-28)34(18-8-7-9-19-34)31-23-36-21-29(38-31)25-12-16-27(17-13-25)33(4,5)6;29-18-12-14-21(23(31)16-18)25-8-4-10-27(33-25)35(20-6-2-1-3-7-20)28-11-5-9-26(34-28)22-15-13-19(30)17-24(22)32;1-4-12-22(13-5-1)25-18-10-20-27(29-25)31(24-16-8-3-9-17-24)28-21-11-19-26(30-28)23-14-6-2-7-15-23;1-25(2,23-17-9-15-21(26-23)19-11-5-3-6-12-19)24-18-10-16-22(27-24)20-13-7-4-8-14-20;;;;/h10,12,14-17,20-23H,7-9,18-19H2,1-6H3;1-13,16-17H;1-12,14,16-21H;3-11,13,15-18H,1-2H3;;;;/q4*-2;4*+2. The second-order valence-electron chi connectivity index (χ2n) is 34.2. The van der Waals surface area contributed by atoms with Gasteiger partial charge in [-0.05, 0) is 132 Å². The van der Waals surface area contributed by atoms with Crippen molar-refractivity contribution in [3.05, 3.63) is 458 Å². The Morgan fingerprint density at radius 3 is 0.919 bits per heavy atom. The molecule has 0 atom stereocenters. The molecule has 0 spiro atoms. The minimum Gasteiger partial charge on any atom is -0.300 e. The third-order valence-electron chi connectivity index (χ3n) is 22.7. The number of aromatic nitrogens is 10. The number of halogens is 4. The maximum Gasteiger partial charge on any atom is 2.00 e. The zero-order chi connectivity index (χ0) is 90.9. The second kappa shape index (κ2) is 46.5. The van der Waals surface area contributed by atoms with Crippen LogP contribution in [0, 0.1) is 71.8 Å². The molecule has 12 nitrogen and oxygen atoms in total. The number of pyridine rings is 6. The Morgan fingerprint density at radius 1 is 0.281 bits per heavy atom. The molecule has 8 heterocycles. The van der Waals surface area contributed by atoms with Gasteiger partial charge in [-0.15, -0.1) is 239 Å². The number of hydrogen-bond donors (Lipinski definition) is 0. The Hall–Kier alpha value is -12.7. The van der Waals surface area contributed by atoms with Crippen molar-refractivity contribution in [1.29, 1.82) is 0 Å². The SMILES string of the molecule is CC(C)(C)c1c[c-]c(-c2cncc(C3(c4cncc(-c5[c-]cc(C(C)(C)C)cc5)n4)CCCCC3)n2)cc1.CC(C)(c1cccc(-c2[c-]cccc2)n1)c1cccc(-c2[c-]cccc2)n1.Fc1c[c-]c(-c2cccc(N(c3ccccc3)c3cccc(-c4[c-]cc(F)cc4F)n3)n2)c(F)c1.[Pt+2].[Pt+2].[Pt+2].[Pt+2].[c-]1ccccc1-c1cccc(N(c2ccccc2)c2cccc(-c3[c-]cccc3)n2)n1. The Balaban J connectivity index is 0.000000161. The van der Waals surface area contributed by atoms with Crippen molar-refractivity contribution >= 4 is 34.6 Å². The summed E-state index contributed by atoms with van der Waals surface area (Å²) in [7, 11) is 0. The first kappa shape index (κ1) is 101. The van der Waals surface area contributed by atoms with E-state index in [9.17, 15) is 17.6 Å². The molecule has 20 heteroatoms. The zero-order valence-corrected chi connectivity index (χ0v) is 84.3. The van der Waals surface area contributed by atoms with Crippen molar-refractivity contribution < 1.29 is 102 Å². The largest absolute Gasteiger partial charge is 2.00 e. The summed E-state index contributed by atoms with van der Waals surface area (Å²) in [6.45, 7) is 17.6. The zero-order valence-electron chi connectivity index (χ0n) is 75.2. The summed E-state index contributed by atoms with van der Waals surface area (Å²) < 4.78 is 55.6. The first-order valence-corrected chi connectivity index (χ1v) is 43.5. The van der Waals surface area contributed by atoms with Gasteiger partial charge in [0.15, 0.2) is 0 Å². The molecule has 1 aliphatic carbocycles. The average Bonchev–Trinajstić information content (AvgIpc) is 0.752. The van der Waals surface area contributed by atoms with E-state index in [0.717, 1.165) is 158 Å². The van der Waals surface area contributed by atoms with Crippen molar-refractivity contribution in [1.82, 2.24) is 49.8 Å². The maximum absolute atomic E-state index is 14.4. The van der Waals surface area contributed by atoms with E-state index in [1.807, 2.05) is 219 Å². The quantitative estimate of drug-likeness (QED) is 0.0598. The molecule has 0 bridgehead atoms. The van der Waals surface area contributed by atoms with Gasteiger partial charge < -0.3 is 9.97 Å². The van der Waals surface area contributed by atoms with E-state index in [0.29, 0.717) is 17.3 Å². The summed E-state index contributed by atoms with van der Waals surface area (Å²) in [6, 6.07) is 127. The third-order valence-corrected chi connectivity index (χ3v) is 22.7. The molecule has 1 saturated carbocycles. The molecule has 1 aliphatic rings. The molecule has 1 fully saturated rings. The molecular formula is C115H92F4N12Pt4. The molecule has 0 unspecified atom stereocenters. The van der Waals surface area contributed by atoms with E-state index in [-0.39, 0.29) is 128 Å². The van der Waals surface area contributed by atoms with Crippen molar-refractivity contribution in [3.8, 4) is 90.1 Å². The van der Waals surface area contributed by atoms with Crippen LogP contribution < -0.4 is 9.80 Å². The summed E-state index contributed by atoms with van der Waals surface area (Å²) in [4.78, 5) is 52.3. The first-order chi connectivity index (χ1) is 63.6. The predicted octanol–water partition coefficient (Wildman–Crippen LogP) is 28.1. The van der Waals surface area contributed by atoms with Crippen LogP contribution in [0.15, 0.2) is 352 Å². The summed E-state index contributed by atoms with van der Waals surface area (Å²) >= 11 is 0. The van der Waals surface area contributed by atoms with Gasteiger partial charge in [-0.3, -0.25) is 67.2 Å². The van der Waals surface area contributed by atoms with Crippen LogP contribution in [0.2, 0.25) is 0 Å². The van der Waals surface area contributed by atoms with Crippen LogP contribution in [-0.4, -0.2) is 49.8 Å². The molecule has 19 rings (SSSR count). The Bertz CT molecular complexity index is 6520. The van der Waals surface area contributed by atoms with Crippen molar-refractivity contribution in [2.45, 2.75) is 109 Å². The fourth-order valence-electron chi connectivity index (χ4n) is 15.5. The van der Waals surface area contributed by atoms with Gasteiger partial charge in [0.25, 0.3) is 0 Å². The van der Waals surface area contributed by atoms with Crippen molar-refractivity contribution in [2.75, 3.05) is 9.80 Å². The number of rotatable bonds is 18. The predicted molar refractivity (Wildman–Crippen MR) is 513 cm³/mol. The summed E-state index contributed by atoms with van der Waals surface area (Å²) in [5, 5.41) is 0. The van der Waals surface area contributed by atoms with Crippen LogP contribution in [0.3, 0.4) is 0 Å². The monoisotopic (exact) mass is 2500 g/mol. The van der Waals surface area contributed by atoms with Gasteiger partial charge in [0.05, 0.1) is 16.8 Å². The summed E-state index contributed by atoms with van der Waals surface area (Å²) in [5.74, 6) is -0.687. The molecule has 0 saturated heterocycles. The van der Waals surface area contributed by atoms with Gasteiger partial charge in [0.1, 0.15) is 23.3 Å². The first-order valence-electron chi connectivity index (χ1n) is 43.5. The van der Waals surface area contributed by atoms with Gasteiger partial charge in [-0.2, -0.15) is 0 Å². The molecule has 0 amide bonds. The molecular weight excluding hydrogens is 2410 g/mol. The topological polar surface area (TPSA) is 135 Å². The van der Waals surface area contributed by atoms with Crippen molar-refractivity contribution in [3.63, 3.8) is 0 Å². The molecule has 135 heavy (non-hydrogen) atoms. The summed E-state index contributed by atoms with van der Waals surface area (Å²) in [6.07, 6.45) is 13.0. The second-order valence-corrected chi connectivity index (χ2v) is 34.2. The van der Waals surface area contributed by atoms with Gasteiger partial charge in [-0.1, -0.05) is 193 Å². The molecule has 680 valence electrons. The van der Waals surface area contributed by atoms with Crippen LogP contribution >= 0.6 is 0 Å². The van der Waals surface area contributed by atoms with Crippen molar-refractivity contribution in [2.24, 2.45) is 0 Å². The molecule has 0 radical (unpaired) electrons. The minimum atomic E-state index is -0.789. The molecule has 18 aromatic rings. The Kier molecular flexibility index (Phi) is 34.9. The van der Waals surface area contributed by atoms with Crippen LogP contribution in [-0.2, 0) is 106 Å². The van der Waals surface area contributed by atoms with Crippen LogP contribution in [0.5, 0.6) is 0 Å². The van der Waals surface area contributed by atoms with Crippen LogP contribution in [0.4, 0.5) is 52.2 Å². The number of hydrogen-bond acceptors (Lipinski definition) is 12. The van der Waals surface area contributed by atoms with E-state index in [1.165, 1.54) is 17.5 Å². The van der Waals surface area contributed by atoms with E-state index in [1.54, 1.807) is 41.3 Å². The maximum atomic E-state index is 14.4. The number of anilines is 6. The fraction of sp³-hybridized carbons (Fsp3) is 0.148. The Morgan fingerprint density at radius 2 is 0.600 bits per heavy atom. The normalized spacial score (nSPS) is 12.0. The average molecular weight is 2500 g/mol. The fourth-order valence-corrected chi connectivity index (χ4v) is 15.5. The van der Waals surface area contributed by atoms with E-state index < -0.39 is 23.3 Å². The number of benzene rings is 10. The molecule has 0 N–H and O–H groups in total. The summed E-state index contributed by atoms with van der Waals surface area (Å²) in [5.41, 5.74) is 19.3. The van der Waals surface area contributed by atoms with Gasteiger partial charge in [0, 0.05) is 87.6 Å².